The van der Waals surface area contributed by atoms with E-state index in [1.807, 2.05) is 0 Å². The maximum atomic E-state index is 13.6. The van der Waals surface area contributed by atoms with Crippen molar-refractivity contribution < 1.29 is 13.9 Å². The molecule has 1 aliphatic rings. The zero-order chi connectivity index (χ0) is 17.6. The molecule has 0 amide bonds. The van der Waals surface area contributed by atoms with Crippen molar-refractivity contribution in [3.8, 4) is 0 Å². The molecule has 3 nitrogen and oxygen atoms in total. The lowest BCUT2D eigenvalue weighted by molar-refractivity contribution is 0.203. The molecule has 0 atom stereocenters. The number of hydrogen-bond donors (Lipinski definition) is 2. The largest absolute Gasteiger partial charge is 0.396 e. The molecule has 1 heterocycles. The maximum Gasteiger partial charge on any atom is 0.130 e. The molecule has 5 heteroatoms. The number of hydrogen-bond acceptors (Lipinski definition) is 3. The second-order valence-electron chi connectivity index (χ2n) is 6.62. The van der Waals surface area contributed by atoms with Gasteiger partial charge in [0.15, 0.2) is 0 Å². The average molecular weight is 346 g/mol. The van der Waals surface area contributed by atoms with E-state index in [9.17, 15) is 13.9 Å². The fourth-order valence-electron chi connectivity index (χ4n) is 3.20. The van der Waals surface area contributed by atoms with Gasteiger partial charge in [0.05, 0.1) is 0 Å². The van der Waals surface area contributed by atoms with E-state index in [4.69, 9.17) is 0 Å². The SMILES string of the molecule is OCC1CCN(c2ccc(CNCc3ccc(F)cc3F)cc2)CC1. The average Bonchev–Trinajstić information content (AvgIpc) is 2.64. The van der Waals surface area contributed by atoms with Gasteiger partial charge < -0.3 is 15.3 Å². The van der Waals surface area contributed by atoms with Crippen LogP contribution in [0.25, 0.3) is 0 Å². The fraction of sp³-hybridized carbons (Fsp3) is 0.400. The molecule has 1 fully saturated rings. The topological polar surface area (TPSA) is 35.5 Å². The van der Waals surface area contributed by atoms with Crippen LogP contribution in [0.4, 0.5) is 14.5 Å². The Morgan fingerprint density at radius 1 is 1.00 bits per heavy atom. The Balaban J connectivity index is 1.49. The van der Waals surface area contributed by atoms with Crippen molar-refractivity contribution in [1.82, 2.24) is 5.32 Å². The van der Waals surface area contributed by atoms with Crippen molar-refractivity contribution in [3.05, 3.63) is 65.2 Å². The molecular formula is C20H24F2N2O. The van der Waals surface area contributed by atoms with Crippen LogP contribution in [0.3, 0.4) is 0 Å². The van der Waals surface area contributed by atoms with Gasteiger partial charge in [-0.2, -0.15) is 0 Å². The normalized spacial score (nSPS) is 15.6. The molecule has 0 radical (unpaired) electrons. The third-order valence-corrected chi connectivity index (χ3v) is 4.83. The van der Waals surface area contributed by atoms with Gasteiger partial charge in [0.2, 0.25) is 0 Å². The van der Waals surface area contributed by atoms with Crippen LogP contribution in [0, 0.1) is 17.6 Å². The number of aliphatic hydroxyl groups excluding tert-OH is 1. The minimum atomic E-state index is -0.556. The summed E-state index contributed by atoms with van der Waals surface area (Å²) in [5, 5.41) is 12.4. The summed E-state index contributed by atoms with van der Waals surface area (Å²) in [6, 6.07) is 12.0. The lowest BCUT2D eigenvalue weighted by Gasteiger charge is -2.33. The second kappa shape index (κ2) is 8.41. The molecule has 0 unspecified atom stereocenters. The van der Waals surface area contributed by atoms with E-state index in [0.717, 1.165) is 37.6 Å². The van der Waals surface area contributed by atoms with Crippen molar-refractivity contribution in [2.24, 2.45) is 5.92 Å². The second-order valence-corrected chi connectivity index (χ2v) is 6.62. The number of anilines is 1. The van der Waals surface area contributed by atoms with Gasteiger partial charge in [0.1, 0.15) is 11.6 Å². The zero-order valence-corrected chi connectivity index (χ0v) is 14.2. The van der Waals surface area contributed by atoms with E-state index >= 15 is 0 Å². The summed E-state index contributed by atoms with van der Waals surface area (Å²) >= 11 is 0. The highest BCUT2D eigenvalue weighted by Gasteiger charge is 2.18. The molecule has 0 bridgehead atoms. The van der Waals surface area contributed by atoms with Crippen LogP contribution in [0.2, 0.25) is 0 Å². The van der Waals surface area contributed by atoms with Crippen LogP contribution >= 0.6 is 0 Å². The highest BCUT2D eigenvalue weighted by atomic mass is 19.1. The highest BCUT2D eigenvalue weighted by Crippen LogP contribution is 2.23. The highest BCUT2D eigenvalue weighted by molar-refractivity contribution is 5.48. The van der Waals surface area contributed by atoms with Crippen LogP contribution in [0.5, 0.6) is 0 Å². The van der Waals surface area contributed by atoms with Crippen molar-refractivity contribution in [2.45, 2.75) is 25.9 Å². The summed E-state index contributed by atoms with van der Waals surface area (Å²) in [7, 11) is 0. The van der Waals surface area contributed by atoms with Gasteiger partial charge in [-0.05, 0) is 42.5 Å². The molecule has 2 aromatic rings. The van der Waals surface area contributed by atoms with E-state index in [1.165, 1.54) is 17.8 Å². The predicted octanol–water partition coefficient (Wildman–Crippen LogP) is 3.46. The summed E-state index contributed by atoms with van der Waals surface area (Å²) in [5.41, 5.74) is 2.78. The number of halogens is 2. The maximum absolute atomic E-state index is 13.6. The van der Waals surface area contributed by atoms with E-state index in [0.29, 0.717) is 24.6 Å². The molecule has 0 saturated carbocycles. The van der Waals surface area contributed by atoms with Crippen molar-refractivity contribution >= 4 is 5.69 Å². The number of nitrogens with zero attached hydrogens (tertiary/aromatic N) is 1. The van der Waals surface area contributed by atoms with E-state index in [-0.39, 0.29) is 6.61 Å². The Bertz CT molecular complexity index is 683. The Morgan fingerprint density at radius 2 is 1.72 bits per heavy atom. The van der Waals surface area contributed by atoms with Crippen LogP contribution in [-0.4, -0.2) is 24.8 Å². The predicted molar refractivity (Wildman–Crippen MR) is 95.4 cm³/mol. The van der Waals surface area contributed by atoms with Gasteiger partial charge in [-0.15, -0.1) is 0 Å². The van der Waals surface area contributed by atoms with Gasteiger partial charge in [-0.1, -0.05) is 18.2 Å². The van der Waals surface area contributed by atoms with Crippen LogP contribution in [0.15, 0.2) is 42.5 Å². The van der Waals surface area contributed by atoms with E-state index in [1.54, 1.807) is 0 Å². The monoisotopic (exact) mass is 346 g/mol. The van der Waals surface area contributed by atoms with Crippen LogP contribution in [-0.2, 0) is 13.1 Å². The minimum absolute atomic E-state index is 0.285. The summed E-state index contributed by atoms with van der Waals surface area (Å²) in [5.74, 6) is -0.638. The van der Waals surface area contributed by atoms with Gasteiger partial charge in [0.25, 0.3) is 0 Å². The number of piperidine rings is 1. The number of nitrogens with one attached hydrogen (secondary N) is 1. The molecule has 1 saturated heterocycles. The zero-order valence-electron chi connectivity index (χ0n) is 14.2. The molecule has 134 valence electrons. The third kappa shape index (κ3) is 4.77. The standard InChI is InChI=1S/C20H24F2N2O/c21-18-4-3-17(20(22)11-18)13-23-12-15-1-5-19(6-2-15)24-9-7-16(14-25)8-10-24/h1-6,11,16,23,25H,7-10,12-14H2. The van der Waals surface area contributed by atoms with Crippen LogP contribution in [0.1, 0.15) is 24.0 Å². The van der Waals surface area contributed by atoms with E-state index in [2.05, 4.69) is 34.5 Å². The molecule has 1 aliphatic heterocycles. The van der Waals surface area contributed by atoms with Gasteiger partial charge in [-0.3, -0.25) is 0 Å². The van der Waals surface area contributed by atoms with Crippen molar-refractivity contribution in [3.63, 3.8) is 0 Å². The molecule has 2 N–H and O–H groups in total. The summed E-state index contributed by atoms with van der Waals surface area (Å²) in [4.78, 5) is 2.34. The number of benzene rings is 2. The molecule has 2 aromatic carbocycles. The van der Waals surface area contributed by atoms with Gasteiger partial charge in [-0.25, -0.2) is 8.78 Å². The fourth-order valence-corrected chi connectivity index (χ4v) is 3.20. The molecule has 0 aromatic heterocycles. The Morgan fingerprint density at radius 3 is 2.36 bits per heavy atom. The minimum Gasteiger partial charge on any atom is -0.396 e. The molecule has 25 heavy (non-hydrogen) atoms. The smallest absolute Gasteiger partial charge is 0.130 e. The van der Waals surface area contributed by atoms with Crippen LogP contribution < -0.4 is 10.2 Å². The first-order valence-corrected chi connectivity index (χ1v) is 8.75. The lowest BCUT2D eigenvalue weighted by Crippen LogP contribution is -2.34. The van der Waals surface area contributed by atoms with Crippen molar-refractivity contribution in [1.29, 1.82) is 0 Å². The first kappa shape index (κ1) is 17.8. The number of rotatable bonds is 6. The Kier molecular flexibility index (Phi) is 6.00. The molecule has 0 spiro atoms. The molecular weight excluding hydrogens is 322 g/mol. The lowest BCUT2D eigenvalue weighted by atomic mass is 9.97. The van der Waals surface area contributed by atoms with Gasteiger partial charge in [0, 0.05) is 50.1 Å². The summed E-state index contributed by atoms with van der Waals surface area (Å²) in [6.07, 6.45) is 2.06. The first-order chi connectivity index (χ1) is 12.2. The summed E-state index contributed by atoms with van der Waals surface area (Å²) in [6.45, 7) is 3.23. The summed E-state index contributed by atoms with van der Waals surface area (Å²) < 4.78 is 26.5. The number of aliphatic hydroxyl groups is 1. The Labute approximate surface area is 147 Å². The molecule has 3 rings (SSSR count). The third-order valence-electron chi connectivity index (χ3n) is 4.83. The first-order valence-electron chi connectivity index (χ1n) is 8.75. The Hall–Kier alpha value is -1.98. The van der Waals surface area contributed by atoms with Crippen molar-refractivity contribution in [2.75, 3.05) is 24.6 Å². The molecule has 0 aliphatic carbocycles. The quantitative estimate of drug-likeness (QED) is 0.841. The van der Waals surface area contributed by atoms with E-state index < -0.39 is 11.6 Å². The van der Waals surface area contributed by atoms with Gasteiger partial charge >= 0.3 is 0 Å².